The molecule has 0 atom stereocenters. The molecule has 4 aromatic rings. The molecule has 0 saturated carbocycles. The summed E-state index contributed by atoms with van der Waals surface area (Å²) in [5.41, 5.74) is 4.57. The number of halogens is 1. The van der Waals surface area contributed by atoms with Crippen LogP contribution in [0, 0.1) is 6.92 Å². The molecule has 1 amide bonds. The van der Waals surface area contributed by atoms with Crippen molar-refractivity contribution in [1.82, 2.24) is 9.38 Å². The third-order valence-corrected chi connectivity index (χ3v) is 4.97. The van der Waals surface area contributed by atoms with Crippen molar-refractivity contribution in [3.63, 3.8) is 0 Å². The molecular formula is C21H18ClN3O3. The predicted octanol–water partition coefficient (Wildman–Crippen LogP) is 4.79. The molecule has 2 aromatic carbocycles. The Morgan fingerprint density at radius 3 is 2.79 bits per heavy atom. The molecule has 28 heavy (non-hydrogen) atoms. The molecule has 2 heterocycles. The lowest BCUT2D eigenvalue weighted by Gasteiger charge is -2.07. The van der Waals surface area contributed by atoms with E-state index in [2.05, 4.69) is 10.1 Å². The standard InChI is InChI=1S/C21H18ClN3O3/c1-12-9-14(22)4-6-16(12)19-18(11-26)25-8-7-13-3-5-15(23-21(27)28-2)10-17(13)20(25)24-19/h3-10,26H,11H2,1-2H3,(H,23,27). The number of hydrogen-bond donors (Lipinski definition) is 2. The number of methoxy groups -OCH3 is 1. The van der Waals surface area contributed by atoms with Crippen LogP contribution in [0.4, 0.5) is 10.5 Å². The van der Waals surface area contributed by atoms with E-state index in [1.165, 1.54) is 7.11 Å². The lowest BCUT2D eigenvalue weighted by Crippen LogP contribution is -2.10. The number of anilines is 1. The minimum Gasteiger partial charge on any atom is -0.453 e. The molecule has 0 bridgehead atoms. The van der Waals surface area contributed by atoms with Crippen molar-refractivity contribution in [3.05, 3.63) is 64.9 Å². The van der Waals surface area contributed by atoms with Crippen LogP contribution in [0.3, 0.4) is 0 Å². The van der Waals surface area contributed by atoms with E-state index in [1.54, 1.807) is 6.07 Å². The van der Waals surface area contributed by atoms with Crippen molar-refractivity contribution in [2.45, 2.75) is 13.5 Å². The Hall–Kier alpha value is -3.09. The number of aryl methyl sites for hydroxylation is 1. The average molecular weight is 396 g/mol. The molecule has 0 unspecified atom stereocenters. The summed E-state index contributed by atoms with van der Waals surface area (Å²) in [7, 11) is 1.32. The van der Waals surface area contributed by atoms with E-state index in [-0.39, 0.29) is 6.61 Å². The fourth-order valence-corrected chi connectivity index (χ4v) is 3.60. The average Bonchev–Trinajstić information content (AvgIpc) is 3.06. The number of hydrogen-bond acceptors (Lipinski definition) is 4. The van der Waals surface area contributed by atoms with Crippen LogP contribution in [0.2, 0.25) is 5.02 Å². The molecule has 4 rings (SSSR count). The van der Waals surface area contributed by atoms with E-state index in [1.807, 2.05) is 53.9 Å². The SMILES string of the molecule is COC(=O)Nc1ccc2ccn3c(CO)c(-c4ccc(Cl)cc4C)nc3c2c1. The Bertz CT molecular complexity index is 1220. The normalized spacial score (nSPS) is 11.1. The van der Waals surface area contributed by atoms with E-state index in [9.17, 15) is 9.90 Å². The van der Waals surface area contributed by atoms with Gasteiger partial charge in [0.15, 0.2) is 0 Å². The summed E-state index contributed by atoms with van der Waals surface area (Å²) in [6.07, 6.45) is 1.35. The van der Waals surface area contributed by atoms with Crippen molar-refractivity contribution in [2.24, 2.45) is 0 Å². The largest absolute Gasteiger partial charge is 0.453 e. The molecule has 0 aliphatic rings. The number of amides is 1. The fraction of sp³-hybridized carbons (Fsp3) is 0.143. The van der Waals surface area contributed by atoms with Crippen molar-refractivity contribution in [2.75, 3.05) is 12.4 Å². The number of ether oxygens (including phenoxy) is 1. The highest BCUT2D eigenvalue weighted by Gasteiger charge is 2.17. The van der Waals surface area contributed by atoms with Crippen LogP contribution in [-0.4, -0.2) is 27.7 Å². The molecule has 6 nitrogen and oxygen atoms in total. The van der Waals surface area contributed by atoms with Crippen LogP contribution < -0.4 is 5.32 Å². The number of aliphatic hydroxyl groups is 1. The zero-order valence-electron chi connectivity index (χ0n) is 15.4. The molecule has 0 aliphatic carbocycles. The summed E-state index contributed by atoms with van der Waals surface area (Å²) in [6, 6.07) is 13.1. The lowest BCUT2D eigenvalue weighted by molar-refractivity contribution is 0.187. The van der Waals surface area contributed by atoms with Crippen molar-refractivity contribution in [1.29, 1.82) is 0 Å². The van der Waals surface area contributed by atoms with Crippen LogP contribution in [0.5, 0.6) is 0 Å². The Morgan fingerprint density at radius 2 is 2.07 bits per heavy atom. The summed E-state index contributed by atoms with van der Waals surface area (Å²) in [5.74, 6) is 0. The maximum atomic E-state index is 11.5. The highest BCUT2D eigenvalue weighted by atomic mass is 35.5. The predicted molar refractivity (Wildman–Crippen MR) is 110 cm³/mol. The summed E-state index contributed by atoms with van der Waals surface area (Å²) >= 11 is 6.09. The minimum atomic E-state index is -0.539. The summed E-state index contributed by atoms with van der Waals surface area (Å²) in [6.45, 7) is 1.80. The Balaban J connectivity index is 1.96. The monoisotopic (exact) mass is 395 g/mol. The van der Waals surface area contributed by atoms with E-state index >= 15 is 0 Å². The van der Waals surface area contributed by atoms with Gasteiger partial charge in [0, 0.05) is 27.9 Å². The number of fused-ring (bicyclic) bond motifs is 3. The van der Waals surface area contributed by atoms with Gasteiger partial charge >= 0.3 is 6.09 Å². The Labute approximate surface area is 166 Å². The lowest BCUT2D eigenvalue weighted by atomic mass is 10.0. The van der Waals surface area contributed by atoms with Crippen LogP contribution in [0.25, 0.3) is 27.7 Å². The molecule has 142 valence electrons. The van der Waals surface area contributed by atoms with Gasteiger partial charge in [0.1, 0.15) is 5.65 Å². The van der Waals surface area contributed by atoms with Gasteiger partial charge in [0.2, 0.25) is 0 Å². The van der Waals surface area contributed by atoms with Gasteiger partial charge < -0.3 is 14.2 Å². The number of imidazole rings is 1. The highest BCUT2D eigenvalue weighted by Crippen LogP contribution is 2.32. The number of carbonyl (C=O) groups is 1. The van der Waals surface area contributed by atoms with Crippen LogP contribution >= 0.6 is 11.6 Å². The van der Waals surface area contributed by atoms with Gasteiger partial charge in [-0.2, -0.15) is 0 Å². The fourth-order valence-electron chi connectivity index (χ4n) is 3.37. The van der Waals surface area contributed by atoms with Gasteiger partial charge in [-0.1, -0.05) is 23.7 Å². The van der Waals surface area contributed by atoms with Crippen molar-refractivity contribution >= 4 is 39.8 Å². The quantitative estimate of drug-likeness (QED) is 0.523. The number of carbonyl (C=O) groups excluding carboxylic acids is 1. The molecule has 0 aliphatic heterocycles. The second kappa shape index (κ2) is 7.14. The topological polar surface area (TPSA) is 75.9 Å². The molecule has 2 aromatic heterocycles. The van der Waals surface area contributed by atoms with Gasteiger partial charge in [-0.25, -0.2) is 9.78 Å². The second-order valence-electron chi connectivity index (χ2n) is 6.45. The van der Waals surface area contributed by atoms with Gasteiger partial charge in [-0.3, -0.25) is 5.32 Å². The Kier molecular flexibility index (Phi) is 4.66. The number of rotatable bonds is 3. The number of nitrogens with zero attached hydrogens (tertiary/aromatic N) is 2. The molecule has 0 saturated heterocycles. The first-order chi connectivity index (χ1) is 13.5. The minimum absolute atomic E-state index is 0.163. The van der Waals surface area contributed by atoms with Gasteiger partial charge in [0.25, 0.3) is 0 Å². The zero-order chi connectivity index (χ0) is 19.8. The molecule has 0 fully saturated rings. The first-order valence-electron chi connectivity index (χ1n) is 8.68. The first kappa shape index (κ1) is 18.3. The van der Waals surface area contributed by atoms with E-state index in [4.69, 9.17) is 16.6 Å². The third-order valence-electron chi connectivity index (χ3n) is 4.73. The molecule has 0 spiro atoms. The molecule has 0 radical (unpaired) electrons. The summed E-state index contributed by atoms with van der Waals surface area (Å²) in [4.78, 5) is 16.4. The van der Waals surface area contributed by atoms with Crippen molar-refractivity contribution in [3.8, 4) is 11.3 Å². The van der Waals surface area contributed by atoms with Gasteiger partial charge in [-0.15, -0.1) is 0 Å². The smallest absolute Gasteiger partial charge is 0.411 e. The number of pyridine rings is 1. The van der Waals surface area contributed by atoms with Crippen molar-refractivity contribution < 1.29 is 14.6 Å². The molecular weight excluding hydrogens is 378 g/mol. The first-order valence-corrected chi connectivity index (χ1v) is 9.05. The maximum absolute atomic E-state index is 11.5. The van der Waals surface area contributed by atoms with E-state index < -0.39 is 6.09 Å². The number of aliphatic hydroxyl groups excluding tert-OH is 1. The maximum Gasteiger partial charge on any atom is 0.411 e. The highest BCUT2D eigenvalue weighted by molar-refractivity contribution is 6.30. The van der Waals surface area contributed by atoms with Gasteiger partial charge in [-0.05, 0) is 48.2 Å². The zero-order valence-corrected chi connectivity index (χ0v) is 16.1. The summed E-state index contributed by atoms with van der Waals surface area (Å²) in [5, 5.41) is 15.2. The summed E-state index contributed by atoms with van der Waals surface area (Å²) < 4.78 is 6.53. The third kappa shape index (κ3) is 3.06. The van der Waals surface area contributed by atoms with Gasteiger partial charge in [0.05, 0.1) is 25.1 Å². The second-order valence-corrected chi connectivity index (χ2v) is 6.89. The molecule has 2 N–H and O–H groups in total. The van der Waals surface area contributed by atoms with Crippen LogP contribution in [0.1, 0.15) is 11.3 Å². The number of aromatic nitrogens is 2. The van der Waals surface area contributed by atoms with Crippen LogP contribution in [-0.2, 0) is 11.3 Å². The molecule has 7 heteroatoms. The van der Waals surface area contributed by atoms with E-state index in [0.29, 0.717) is 27.7 Å². The number of nitrogens with one attached hydrogen (secondary N) is 1. The van der Waals surface area contributed by atoms with Crippen LogP contribution in [0.15, 0.2) is 48.7 Å². The number of benzene rings is 2. The van der Waals surface area contributed by atoms with E-state index in [0.717, 1.165) is 21.9 Å². The Morgan fingerprint density at radius 1 is 1.25 bits per heavy atom.